The van der Waals surface area contributed by atoms with Crippen molar-refractivity contribution >= 4 is 18.3 Å². The Morgan fingerprint density at radius 1 is 1.31 bits per heavy atom. The van der Waals surface area contributed by atoms with Gasteiger partial charge in [0, 0.05) is 24.5 Å². The van der Waals surface area contributed by atoms with Crippen molar-refractivity contribution in [2.75, 3.05) is 26.2 Å². The molecule has 3 heterocycles. The lowest BCUT2D eigenvalue weighted by molar-refractivity contribution is 0.0732. The molecule has 1 unspecified atom stereocenters. The average Bonchev–Trinajstić information content (AvgIpc) is 3.05. The van der Waals surface area contributed by atoms with E-state index in [0.717, 1.165) is 36.4 Å². The molecule has 1 N–H and O–H groups in total. The summed E-state index contributed by atoms with van der Waals surface area (Å²) in [6.45, 7) is 3.82. The van der Waals surface area contributed by atoms with Gasteiger partial charge in [0.15, 0.2) is 0 Å². The molecule has 0 bridgehead atoms. The summed E-state index contributed by atoms with van der Waals surface area (Å²) in [6.07, 6.45) is 5.73. The molecular formula is C20H24ClN3O2. The van der Waals surface area contributed by atoms with E-state index in [4.69, 9.17) is 4.74 Å². The minimum atomic E-state index is 0. The number of fused-ring (bicyclic) bond motifs is 1. The van der Waals surface area contributed by atoms with Crippen LogP contribution in [0.2, 0.25) is 0 Å². The van der Waals surface area contributed by atoms with Crippen LogP contribution < -0.4 is 10.1 Å². The Hall–Kier alpha value is -2.11. The molecule has 0 saturated carbocycles. The number of benzene rings is 1. The van der Waals surface area contributed by atoms with Gasteiger partial charge >= 0.3 is 0 Å². The molecule has 2 aliphatic heterocycles. The Kier molecular flexibility index (Phi) is 6.12. The number of amides is 1. The third-order valence-corrected chi connectivity index (χ3v) is 4.97. The standard InChI is InChI=1S/C20H23N3O2.ClH/c24-20(23-7-8-25-19-4-2-1-3-17(19)14-23)18-10-16(12-22-13-18)9-15-5-6-21-11-15;/h1-4,10,12-13,15,21H,5-9,11,14H2;1H. The van der Waals surface area contributed by atoms with E-state index in [1.807, 2.05) is 41.4 Å². The van der Waals surface area contributed by atoms with Crippen molar-refractivity contribution in [1.82, 2.24) is 15.2 Å². The monoisotopic (exact) mass is 373 g/mol. The van der Waals surface area contributed by atoms with Gasteiger partial charge in [-0.05, 0) is 49.5 Å². The molecule has 0 spiro atoms. The van der Waals surface area contributed by atoms with E-state index in [-0.39, 0.29) is 18.3 Å². The molecule has 0 radical (unpaired) electrons. The van der Waals surface area contributed by atoms with Crippen LogP contribution >= 0.6 is 12.4 Å². The van der Waals surface area contributed by atoms with Crippen molar-refractivity contribution in [1.29, 1.82) is 0 Å². The third kappa shape index (κ3) is 4.17. The number of pyridine rings is 1. The molecule has 1 amide bonds. The first-order chi connectivity index (χ1) is 12.3. The molecule has 1 saturated heterocycles. The van der Waals surface area contributed by atoms with Crippen molar-refractivity contribution in [2.45, 2.75) is 19.4 Å². The molecule has 1 aromatic heterocycles. The number of aromatic nitrogens is 1. The number of hydrogen-bond acceptors (Lipinski definition) is 4. The van der Waals surface area contributed by atoms with Crippen LogP contribution in [0.25, 0.3) is 0 Å². The highest BCUT2D eigenvalue weighted by atomic mass is 35.5. The zero-order valence-electron chi connectivity index (χ0n) is 14.7. The Morgan fingerprint density at radius 3 is 3.04 bits per heavy atom. The van der Waals surface area contributed by atoms with Gasteiger partial charge in [0.2, 0.25) is 0 Å². The Labute approximate surface area is 160 Å². The van der Waals surface area contributed by atoms with Crippen LogP contribution in [-0.2, 0) is 13.0 Å². The number of nitrogens with zero attached hydrogens (tertiary/aromatic N) is 2. The number of ether oxygens (including phenoxy) is 1. The predicted octanol–water partition coefficient (Wildman–Crippen LogP) is 2.69. The number of carbonyl (C=O) groups excluding carboxylic acids is 1. The zero-order chi connectivity index (χ0) is 17.1. The summed E-state index contributed by atoms with van der Waals surface area (Å²) < 4.78 is 5.76. The van der Waals surface area contributed by atoms with E-state index in [1.54, 1.807) is 6.20 Å². The largest absolute Gasteiger partial charge is 0.491 e. The molecule has 6 heteroatoms. The minimum Gasteiger partial charge on any atom is -0.491 e. The van der Waals surface area contributed by atoms with E-state index < -0.39 is 0 Å². The molecule has 1 atom stereocenters. The predicted molar refractivity (Wildman–Crippen MR) is 103 cm³/mol. The van der Waals surface area contributed by atoms with E-state index in [9.17, 15) is 4.79 Å². The summed E-state index contributed by atoms with van der Waals surface area (Å²) in [4.78, 5) is 19.1. The van der Waals surface area contributed by atoms with Gasteiger partial charge in [-0.25, -0.2) is 0 Å². The van der Waals surface area contributed by atoms with Gasteiger partial charge in [-0.1, -0.05) is 18.2 Å². The van der Waals surface area contributed by atoms with E-state index >= 15 is 0 Å². The fourth-order valence-corrected chi connectivity index (χ4v) is 3.62. The summed E-state index contributed by atoms with van der Waals surface area (Å²) in [7, 11) is 0. The fraction of sp³-hybridized carbons (Fsp3) is 0.400. The van der Waals surface area contributed by atoms with Crippen molar-refractivity contribution in [2.24, 2.45) is 5.92 Å². The highest BCUT2D eigenvalue weighted by Gasteiger charge is 2.22. The van der Waals surface area contributed by atoms with Gasteiger partial charge in [0.25, 0.3) is 5.91 Å². The summed E-state index contributed by atoms with van der Waals surface area (Å²) in [5.74, 6) is 1.54. The highest BCUT2D eigenvalue weighted by Crippen LogP contribution is 2.23. The topological polar surface area (TPSA) is 54.5 Å². The van der Waals surface area contributed by atoms with E-state index in [2.05, 4.69) is 10.3 Å². The highest BCUT2D eigenvalue weighted by molar-refractivity contribution is 5.94. The summed E-state index contributed by atoms with van der Waals surface area (Å²) in [6, 6.07) is 9.92. The van der Waals surface area contributed by atoms with Crippen molar-refractivity contribution in [3.05, 3.63) is 59.4 Å². The lowest BCUT2D eigenvalue weighted by Gasteiger charge is -2.20. The smallest absolute Gasteiger partial charge is 0.255 e. The number of carbonyl (C=O) groups is 1. The maximum atomic E-state index is 13.0. The van der Waals surface area contributed by atoms with Gasteiger partial charge in [-0.3, -0.25) is 9.78 Å². The van der Waals surface area contributed by atoms with Crippen LogP contribution in [0.4, 0.5) is 0 Å². The van der Waals surface area contributed by atoms with Crippen LogP contribution in [0.3, 0.4) is 0 Å². The second kappa shape index (κ2) is 8.52. The van der Waals surface area contributed by atoms with Crippen molar-refractivity contribution < 1.29 is 9.53 Å². The second-order valence-corrected chi connectivity index (χ2v) is 6.83. The maximum absolute atomic E-state index is 13.0. The molecule has 5 nitrogen and oxygen atoms in total. The first-order valence-electron chi connectivity index (χ1n) is 8.94. The molecule has 4 rings (SSSR count). The lowest BCUT2D eigenvalue weighted by Crippen LogP contribution is -2.32. The molecule has 1 fully saturated rings. The normalized spacial score (nSPS) is 19.1. The molecular weight excluding hydrogens is 350 g/mol. The summed E-state index contributed by atoms with van der Waals surface area (Å²) in [5.41, 5.74) is 2.86. The number of rotatable bonds is 3. The van der Waals surface area contributed by atoms with Gasteiger partial charge in [-0.2, -0.15) is 0 Å². The molecule has 2 aromatic rings. The number of nitrogens with one attached hydrogen (secondary N) is 1. The summed E-state index contributed by atoms with van der Waals surface area (Å²) >= 11 is 0. The molecule has 138 valence electrons. The van der Waals surface area contributed by atoms with Crippen LogP contribution in [0.5, 0.6) is 5.75 Å². The Bertz CT molecular complexity index is 762. The number of para-hydroxylation sites is 1. The molecule has 26 heavy (non-hydrogen) atoms. The van der Waals surface area contributed by atoms with Gasteiger partial charge < -0.3 is 15.0 Å². The van der Waals surface area contributed by atoms with Crippen molar-refractivity contribution in [3.8, 4) is 5.75 Å². The van der Waals surface area contributed by atoms with Crippen molar-refractivity contribution in [3.63, 3.8) is 0 Å². The maximum Gasteiger partial charge on any atom is 0.255 e. The minimum absolute atomic E-state index is 0. The number of hydrogen-bond donors (Lipinski definition) is 1. The van der Waals surface area contributed by atoms with Gasteiger partial charge in [0.05, 0.1) is 12.1 Å². The SMILES string of the molecule is Cl.O=C(c1cncc(CC2CCNC2)c1)N1CCOc2ccccc2C1. The van der Waals surface area contributed by atoms with Crippen LogP contribution in [-0.4, -0.2) is 42.0 Å². The Balaban J connectivity index is 0.00000196. The molecule has 0 aliphatic carbocycles. The first-order valence-corrected chi connectivity index (χ1v) is 8.94. The Morgan fingerprint density at radius 2 is 2.19 bits per heavy atom. The second-order valence-electron chi connectivity index (χ2n) is 6.83. The first kappa shape index (κ1) is 18.7. The van der Waals surface area contributed by atoms with E-state index in [0.29, 0.717) is 31.2 Å². The number of halogens is 1. The average molecular weight is 374 g/mol. The van der Waals surface area contributed by atoms with Crippen LogP contribution in [0.1, 0.15) is 27.9 Å². The van der Waals surface area contributed by atoms with Gasteiger partial charge in [0.1, 0.15) is 12.4 Å². The quantitative estimate of drug-likeness (QED) is 0.898. The lowest BCUT2D eigenvalue weighted by atomic mass is 9.99. The zero-order valence-corrected chi connectivity index (χ0v) is 15.5. The molecule has 1 aromatic carbocycles. The van der Waals surface area contributed by atoms with Gasteiger partial charge in [-0.15, -0.1) is 12.4 Å². The summed E-state index contributed by atoms with van der Waals surface area (Å²) in [5, 5.41) is 3.39. The fourth-order valence-electron chi connectivity index (χ4n) is 3.62. The van der Waals surface area contributed by atoms with Crippen LogP contribution in [0.15, 0.2) is 42.7 Å². The van der Waals surface area contributed by atoms with Crippen LogP contribution in [0, 0.1) is 5.92 Å². The van der Waals surface area contributed by atoms with E-state index in [1.165, 1.54) is 6.42 Å². The molecule has 2 aliphatic rings. The third-order valence-electron chi connectivity index (χ3n) is 4.97.